The minimum Gasteiger partial charge on any atom is -0.497 e. The molecule has 0 bridgehead atoms. The van der Waals surface area contributed by atoms with Crippen molar-refractivity contribution in [3.05, 3.63) is 66.5 Å². The highest BCUT2D eigenvalue weighted by molar-refractivity contribution is 5.52. The van der Waals surface area contributed by atoms with Gasteiger partial charge in [0.05, 0.1) is 19.3 Å². The Morgan fingerprint density at radius 3 is 2.80 bits per heavy atom. The minimum absolute atomic E-state index is 0.712. The Morgan fingerprint density at radius 1 is 1.05 bits per heavy atom. The monoisotopic (exact) mass is 265 g/mol. The van der Waals surface area contributed by atoms with Crippen molar-refractivity contribution in [3.8, 4) is 17.1 Å². The van der Waals surface area contributed by atoms with Crippen molar-refractivity contribution < 1.29 is 4.74 Å². The summed E-state index contributed by atoms with van der Waals surface area (Å²) in [6, 6.07) is 15.8. The van der Waals surface area contributed by atoms with E-state index in [1.807, 2.05) is 53.3 Å². The highest BCUT2D eigenvalue weighted by atomic mass is 16.5. The summed E-state index contributed by atoms with van der Waals surface area (Å²) in [7, 11) is 1.67. The molecule has 0 fully saturated rings. The maximum atomic E-state index is 5.23. The molecule has 0 unspecified atom stereocenters. The van der Waals surface area contributed by atoms with Crippen LogP contribution >= 0.6 is 0 Å². The van der Waals surface area contributed by atoms with Gasteiger partial charge in [-0.25, -0.2) is 0 Å². The highest BCUT2D eigenvalue weighted by Gasteiger charge is 2.04. The van der Waals surface area contributed by atoms with E-state index in [0.29, 0.717) is 6.54 Å². The lowest BCUT2D eigenvalue weighted by Gasteiger charge is -2.04. The van der Waals surface area contributed by atoms with Crippen LogP contribution in [-0.2, 0) is 6.54 Å². The topological polar surface area (TPSA) is 39.9 Å². The smallest absolute Gasteiger partial charge is 0.119 e. The van der Waals surface area contributed by atoms with E-state index < -0.39 is 0 Å². The van der Waals surface area contributed by atoms with E-state index in [9.17, 15) is 0 Å². The van der Waals surface area contributed by atoms with Crippen LogP contribution in [0.5, 0.6) is 5.75 Å². The van der Waals surface area contributed by atoms with E-state index in [4.69, 9.17) is 4.74 Å². The Kier molecular flexibility index (Phi) is 3.46. The summed E-state index contributed by atoms with van der Waals surface area (Å²) in [5.41, 5.74) is 2.92. The molecule has 0 saturated heterocycles. The molecule has 0 aliphatic heterocycles. The number of hydrogen-bond acceptors (Lipinski definition) is 3. The molecule has 4 nitrogen and oxygen atoms in total. The van der Waals surface area contributed by atoms with Gasteiger partial charge in [0, 0.05) is 12.4 Å². The summed E-state index contributed by atoms with van der Waals surface area (Å²) < 4.78 is 7.13. The molecule has 3 rings (SSSR count). The lowest BCUT2D eigenvalue weighted by molar-refractivity contribution is 0.414. The number of ether oxygens (including phenoxy) is 1. The molecule has 0 atom stereocenters. The van der Waals surface area contributed by atoms with Gasteiger partial charge in [0.25, 0.3) is 0 Å². The lowest BCUT2D eigenvalue weighted by atomic mass is 10.2. The van der Waals surface area contributed by atoms with Gasteiger partial charge in [-0.1, -0.05) is 18.2 Å². The van der Waals surface area contributed by atoms with Gasteiger partial charge in [0.2, 0.25) is 0 Å². The van der Waals surface area contributed by atoms with Crippen molar-refractivity contribution in [2.24, 2.45) is 0 Å². The third kappa shape index (κ3) is 2.69. The third-order valence-electron chi connectivity index (χ3n) is 3.05. The normalized spacial score (nSPS) is 10.4. The molecule has 0 aliphatic carbocycles. The van der Waals surface area contributed by atoms with Gasteiger partial charge in [-0.3, -0.25) is 9.67 Å². The quantitative estimate of drug-likeness (QED) is 0.728. The molecular weight excluding hydrogens is 250 g/mol. The van der Waals surface area contributed by atoms with Gasteiger partial charge in [-0.2, -0.15) is 5.10 Å². The van der Waals surface area contributed by atoms with Crippen LogP contribution in [0.15, 0.2) is 60.9 Å². The van der Waals surface area contributed by atoms with Gasteiger partial charge in [-0.15, -0.1) is 0 Å². The summed E-state index contributed by atoms with van der Waals surface area (Å²) in [6.45, 7) is 0.712. The van der Waals surface area contributed by atoms with Gasteiger partial charge in [0.15, 0.2) is 0 Å². The van der Waals surface area contributed by atoms with Crippen molar-refractivity contribution in [1.82, 2.24) is 14.8 Å². The van der Waals surface area contributed by atoms with Crippen LogP contribution in [0.25, 0.3) is 11.4 Å². The van der Waals surface area contributed by atoms with Crippen molar-refractivity contribution in [3.63, 3.8) is 0 Å². The van der Waals surface area contributed by atoms with Crippen LogP contribution in [0, 0.1) is 0 Å². The predicted octanol–water partition coefficient (Wildman–Crippen LogP) is 3.00. The number of hydrogen-bond donors (Lipinski definition) is 0. The molecule has 2 heterocycles. The number of benzene rings is 1. The summed E-state index contributed by atoms with van der Waals surface area (Å²) in [6.07, 6.45) is 3.74. The molecule has 0 spiro atoms. The second-order valence-corrected chi connectivity index (χ2v) is 4.47. The number of nitrogens with zero attached hydrogens (tertiary/aromatic N) is 3. The van der Waals surface area contributed by atoms with Crippen LogP contribution in [0.1, 0.15) is 5.56 Å². The highest BCUT2D eigenvalue weighted by Crippen LogP contribution is 2.16. The van der Waals surface area contributed by atoms with Crippen molar-refractivity contribution >= 4 is 0 Å². The van der Waals surface area contributed by atoms with Crippen molar-refractivity contribution in [1.29, 1.82) is 0 Å². The van der Waals surface area contributed by atoms with E-state index in [-0.39, 0.29) is 0 Å². The van der Waals surface area contributed by atoms with E-state index in [1.165, 1.54) is 0 Å². The second kappa shape index (κ2) is 5.57. The van der Waals surface area contributed by atoms with Crippen LogP contribution in [0.2, 0.25) is 0 Å². The zero-order valence-electron chi connectivity index (χ0n) is 11.2. The molecule has 0 saturated carbocycles. The molecule has 1 aromatic carbocycles. The molecule has 20 heavy (non-hydrogen) atoms. The van der Waals surface area contributed by atoms with E-state index in [0.717, 1.165) is 22.7 Å². The SMILES string of the molecule is COc1cccc(Cn2ccc(-c3ccccn3)n2)c1. The zero-order valence-corrected chi connectivity index (χ0v) is 11.2. The summed E-state index contributed by atoms with van der Waals surface area (Å²) >= 11 is 0. The van der Waals surface area contributed by atoms with Gasteiger partial charge >= 0.3 is 0 Å². The average molecular weight is 265 g/mol. The van der Waals surface area contributed by atoms with E-state index in [1.54, 1.807) is 13.3 Å². The van der Waals surface area contributed by atoms with Crippen LogP contribution in [0.3, 0.4) is 0 Å². The molecule has 2 aromatic heterocycles. The molecule has 0 amide bonds. The predicted molar refractivity (Wildman–Crippen MR) is 77.6 cm³/mol. The first-order valence-corrected chi connectivity index (χ1v) is 6.43. The molecule has 0 radical (unpaired) electrons. The summed E-state index contributed by atoms with van der Waals surface area (Å²) in [5.74, 6) is 0.861. The standard InChI is InChI=1S/C16H15N3O/c1-20-14-6-4-5-13(11-14)12-19-10-8-16(18-19)15-7-2-3-9-17-15/h2-11H,12H2,1H3. The number of methoxy groups -OCH3 is 1. The molecule has 4 heteroatoms. The lowest BCUT2D eigenvalue weighted by Crippen LogP contribution is -2.00. The Hall–Kier alpha value is -2.62. The van der Waals surface area contributed by atoms with Gasteiger partial charge < -0.3 is 4.74 Å². The first-order chi connectivity index (χ1) is 9.85. The maximum Gasteiger partial charge on any atom is 0.119 e. The third-order valence-corrected chi connectivity index (χ3v) is 3.05. The number of rotatable bonds is 4. The maximum absolute atomic E-state index is 5.23. The zero-order chi connectivity index (χ0) is 13.8. The Morgan fingerprint density at radius 2 is 2.00 bits per heavy atom. The van der Waals surface area contributed by atoms with Crippen LogP contribution < -0.4 is 4.74 Å². The minimum atomic E-state index is 0.712. The fourth-order valence-corrected chi connectivity index (χ4v) is 2.06. The van der Waals surface area contributed by atoms with E-state index in [2.05, 4.69) is 16.1 Å². The first-order valence-electron chi connectivity index (χ1n) is 6.43. The molecule has 0 aliphatic rings. The Bertz CT molecular complexity index is 692. The number of pyridine rings is 1. The fourth-order valence-electron chi connectivity index (χ4n) is 2.06. The molecule has 0 N–H and O–H groups in total. The Labute approximate surface area is 117 Å². The molecular formula is C16H15N3O. The Balaban J connectivity index is 1.80. The molecule has 100 valence electrons. The van der Waals surface area contributed by atoms with Crippen molar-refractivity contribution in [2.75, 3.05) is 7.11 Å². The van der Waals surface area contributed by atoms with Crippen molar-refractivity contribution in [2.45, 2.75) is 6.54 Å². The van der Waals surface area contributed by atoms with E-state index >= 15 is 0 Å². The van der Waals surface area contributed by atoms with Crippen LogP contribution in [-0.4, -0.2) is 21.9 Å². The van der Waals surface area contributed by atoms with Crippen LogP contribution in [0.4, 0.5) is 0 Å². The molecule has 3 aromatic rings. The summed E-state index contributed by atoms with van der Waals surface area (Å²) in [5, 5.41) is 4.54. The largest absolute Gasteiger partial charge is 0.497 e. The first kappa shape index (κ1) is 12.4. The van der Waals surface area contributed by atoms with Gasteiger partial charge in [-0.05, 0) is 35.9 Å². The number of aromatic nitrogens is 3. The fraction of sp³-hybridized carbons (Fsp3) is 0.125. The second-order valence-electron chi connectivity index (χ2n) is 4.47. The average Bonchev–Trinajstić information content (AvgIpc) is 2.97. The van der Waals surface area contributed by atoms with Gasteiger partial charge in [0.1, 0.15) is 11.4 Å². The summed E-state index contributed by atoms with van der Waals surface area (Å²) in [4.78, 5) is 4.30.